The normalized spacial score (nSPS) is 20.7. The highest BCUT2D eigenvalue weighted by molar-refractivity contribution is 7.89. The van der Waals surface area contributed by atoms with Crippen molar-refractivity contribution < 1.29 is 8.42 Å². The van der Waals surface area contributed by atoms with Crippen molar-refractivity contribution in [1.82, 2.24) is 4.90 Å². The van der Waals surface area contributed by atoms with Gasteiger partial charge in [-0.3, -0.25) is 4.90 Å². The van der Waals surface area contributed by atoms with Gasteiger partial charge in [0.2, 0.25) is 10.0 Å². The fourth-order valence-electron chi connectivity index (χ4n) is 2.81. The molecular weight excluding hydrogens is 288 g/mol. The summed E-state index contributed by atoms with van der Waals surface area (Å²) in [6, 6.07) is 4.83. The van der Waals surface area contributed by atoms with Crippen LogP contribution in [0.25, 0.3) is 0 Å². The number of benzene rings is 1. The molecule has 0 unspecified atom stereocenters. The zero-order valence-electron chi connectivity index (χ0n) is 12.0. The van der Waals surface area contributed by atoms with E-state index in [1.54, 1.807) is 6.07 Å². The van der Waals surface area contributed by atoms with E-state index in [2.05, 4.69) is 9.80 Å². The number of hydrogen-bond acceptors (Lipinski definition) is 5. The fraction of sp³-hybridized carbons (Fsp3) is 0.571. The van der Waals surface area contributed by atoms with Crippen LogP contribution in [-0.2, 0) is 10.0 Å². The Hall–Kier alpha value is -1.31. The number of nitrogen functional groups attached to an aromatic ring is 1. The van der Waals surface area contributed by atoms with E-state index in [0.717, 1.165) is 37.8 Å². The van der Waals surface area contributed by atoms with Crippen LogP contribution >= 0.6 is 0 Å². The maximum Gasteiger partial charge on any atom is 0.238 e. The summed E-state index contributed by atoms with van der Waals surface area (Å²) < 4.78 is 23.0. The Kier molecular flexibility index (Phi) is 3.81. The van der Waals surface area contributed by atoms with E-state index in [0.29, 0.717) is 5.69 Å². The van der Waals surface area contributed by atoms with Gasteiger partial charge in [-0.1, -0.05) is 0 Å². The molecule has 0 spiro atoms. The molecule has 2 aliphatic rings. The topological polar surface area (TPSA) is 92.7 Å². The quantitative estimate of drug-likeness (QED) is 0.788. The molecule has 0 atom stereocenters. The first-order valence-corrected chi connectivity index (χ1v) is 8.87. The van der Waals surface area contributed by atoms with E-state index in [1.165, 1.54) is 25.5 Å². The van der Waals surface area contributed by atoms with Crippen LogP contribution in [-0.4, -0.2) is 46.0 Å². The van der Waals surface area contributed by atoms with Crippen molar-refractivity contribution in [3.8, 4) is 0 Å². The Morgan fingerprint density at radius 1 is 1.10 bits per heavy atom. The molecule has 3 rings (SSSR count). The molecule has 1 aromatic rings. The predicted octanol–water partition coefficient (Wildman–Crippen LogP) is 0.448. The molecule has 0 radical (unpaired) electrons. The third kappa shape index (κ3) is 3.66. The zero-order valence-corrected chi connectivity index (χ0v) is 12.8. The molecule has 0 bridgehead atoms. The molecule has 1 saturated heterocycles. The van der Waals surface area contributed by atoms with Gasteiger partial charge in [0.25, 0.3) is 0 Å². The summed E-state index contributed by atoms with van der Waals surface area (Å²) in [5.41, 5.74) is 7.07. The lowest BCUT2D eigenvalue weighted by Gasteiger charge is -2.36. The summed E-state index contributed by atoms with van der Waals surface area (Å²) in [6.07, 6.45) is 2.74. The first-order valence-electron chi connectivity index (χ1n) is 7.32. The van der Waals surface area contributed by atoms with Crippen LogP contribution in [0.2, 0.25) is 0 Å². The number of nitrogens with two attached hydrogens (primary N) is 2. The van der Waals surface area contributed by atoms with Gasteiger partial charge in [0.1, 0.15) is 0 Å². The minimum atomic E-state index is -3.72. The van der Waals surface area contributed by atoms with Gasteiger partial charge >= 0.3 is 0 Å². The predicted molar refractivity (Wildman–Crippen MR) is 83.6 cm³/mol. The molecule has 1 aromatic carbocycles. The van der Waals surface area contributed by atoms with Gasteiger partial charge in [-0.2, -0.15) is 0 Å². The third-order valence-corrected chi connectivity index (χ3v) is 5.09. The molecule has 1 aliphatic heterocycles. The third-order valence-electron chi connectivity index (χ3n) is 4.19. The van der Waals surface area contributed by atoms with E-state index in [9.17, 15) is 8.42 Å². The number of rotatable bonds is 4. The molecule has 7 heteroatoms. The average molecular weight is 310 g/mol. The zero-order chi connectivity index (χ0) is 15.0. The lowest BCUT2D eigenvalue weighted by atomic mass is 10.2. The van der Waals surface area contributed by atoms with E-state index in [1.807, 2.05) is 6.07 Å². The Morgan fingerprint density at radius 2 is 1.76 bits per heavy atom. The second kappa shape index (κ2) is 5.47. The van der Waals surface area contributed by atoms with Crippen molar-refractivity contribution in [3.63, 3.8) is 0 Å². The molecule has 1 aliphatic carbocycles. The Balaban J connectivity index is 1.71. The molecular formula is C14H22N4O2S. The maximum absolute atomic E-state index is 11.5. The second-order valence-electron chi connectivity index (χ2n) is 6.04. The molecule has 4 N–H and O–H groups in total. The fourth-order valence-corrected chi connectivity index (χ4v) is 3.39. The highest BCUT2D eigenvalue weighted by Crippen LogP contribution is 2.30. The molecule has 0 amide bonds. The largest absolute Gasteiger partial charge is 0.399 e. The minimum absolute atomic E-state index is 0.0814. The smallest absolute Gasteiger partial charge is 0.238 e. The van der Waals surface area contributed by atoms with E-state index < -0.39 is 10.0 Å². The van der Waals surface area contributed by atoms with Crippen LogP contribution in [0.5, 0.6) is 0 Å². The highest BCUT2D eigenvalue weighted by atomic mass is 32.2. The van der Waals surface area contributed by atoms with Crippen LogP contribution in [0.15, 0.2) is 23.1 Å². The summed E-state index contributed by atoms with van der Waals surface area (Å²) in [4.78, 5) is 4.74. The van der Waals surface area contributed by atoms with Gasteiger partial charge in [-0.05, 0) is 37.0 Å². The van der Waals surface area contributed by atoms with Crippen molar-refractivity contribution in [2.24, 2.45) is 11.1 Å². The Bertz CT molecular complexity index is 620. The number of piperazine rings is 1. The van der Waals surface area contributed by atoms with Crippen molar-refractivity contribution >= 4 is 21.4 Å². The molecule has 2 fully saturated rings. The SMILES string of the molecule is Nc1cc(N2CCN(CC3CC3)CC2)cc(S(N)(=O)=O)c1. The number of anilines is 2. The molecule has 21 heavy (non-hydrogen) atoms. The van der Waals surface area contributed by atoms with Gasteiger partial charge in [-0.25, -0.2) is 13.6 Å². The summed E-state index contributed by atoms with van der Waals surface area (Å²) in [5, 5.41) is 5.20. The minimum Gasteiger partial charge on any atom is -0.399 e. The first kappa shape index (κ1) is 14.6. The second-order valence-corrected chi connectivity index (χ2v) is 7.60. The summed E-state index contributed by atoms with van der Waals surface area (Å²) in [6.45, 7) is 5.00. The molecule has 1 saturated carbocycles. The maximum atomic E-state index is 11.5. The van der Waals surface area contributed by atoms with Crippen molar-refractivity contribution in [2.45, 2.75) is 17.7 Å². The van der Waals surface area contributed by atoms with Crippen LogP contribution in [0.3, 0.4) is 0 Å². The van der Waals surface area contributed by atoms with Crippen LogP contribution in [0, 0.1) is 5.92 Å². The van der Waals surface area contributed by atoms with Gasteiger partial charge < -0.3 is 10.6 Å². The lowest BCUT2D eigenvalue weighted by Crippen LogP contribution is -2.47. The highest BCUT2D eigenvalue weighted by Gasteiger charge is 2.26. The summed E-state index contributed by atoms with van der Waals surface area (Å²) in [7, 11) is -3.72. The van der Waals surface area contributed by atoms with Gasteiger partial charge in [0.15, 0.2) is 0 Å². The molecule has 6 nitrogen and oxygen atoms in total. The van der Waals surface area contributed by atoms with Crippen LogP contribution in [0.4, 0.5) is 11.4 Å². The first-order chi connectivity index (χ1) is 9.91. The van der Waals surface area contributed by atoms with E-state index >= 15 is 0 Å². The molecule has 116 valence electrons. The van der Waals surface area contributed by atoms with E-state index in [4.69, 9.17) is 10.9 Å². The summed E-state index contributed by atoms with van der Waals surface area (Å²) >= 11 is 0. The van der Waals surface area contributed by atoms with Gasteiger partial charge in [0.05, 0.1) is 4.90 Å². The average Bonchev–Trinajstić information content (AvgIpc) is 3.22. The number of hydrogen-bond donors (Lipinski definition) is 2. The molecule has 0 aromatic heterocycles. The number of primary sulfonamides is 1. The molecule has 1 heterocycles. The Morgan fingerprint density at radius 3 is 2.33 bits per heavy atom. The number of nitrogens with zero attached hydrogens (tertiary/aromatic N) is 2. The van der Waals surface area contributed by atoms with Gasteiger partial charge in [-0.15, -0.1) is 0 Å². The lowest BCUT2D eigenvalue weighted by molar-refractivity contribution is 0.248. The van der Waals surface area contributed by atoms with Crippen molar-refractivity contribution in [1.29, 1.82) is 0 Å². The Labute approximate surface area is 125 Å². The standard InChI is InChI=1S/C14H22N4O2S/c15-12-7-13(9-14(8-12)21(16,19)20)18-5-3-17(4-6-18)10-11-1-2-11/h7-9,11H,1-6,10,15H2,(H2,16,19,20). The van der Waals surface area contributed by atoms with Crippen LogP contribution < -0.4 is 15.8 Å². The number of sulfonamides is 1. The van der Waals surface area contributed by atoms with Crippen molar-refractivity contribution in [3.05, 3.63) is 18.2 Å². The van der Waals surface area contributed by atoms with Gasteiger partial charge in [0, 0.05) is 44.1 Å². The van der Waals surface area contributed by atoms with Crippen molar-refractivity contribution in [2.75, 3.05) is 43.4 Å². The summed E-state index contributed by atoms with van der Waals surface area (Å²) in [5.74, 6) is 0.901. The van der Waals surface area contributed by atoms with Crippen LogP contribution in [0.1, 0.15) is 12.8 Å². The van der Waals surface area contributed by atoms with E-state index in [-0.39, 0.29) is 4.90 Å². The monoisotopic (exact) mass is 310 g/mol.